The van der Waals surface area contributed by atoms with E-state index in [-0.39, 0.29) is 18.0 Å². The second kappa shape index (κ2) is 8.24. The number of aliphatic carboxylic acids is 1. The Bertz CT molecular complexity index is 284. The molecule has 2 N–H and O–H groups in total. The summed E-state index contributed by atoms with van der Waals surface area (Å²) < 4.78 is 0. The van der Waals surface area contributed by atoms with E-state index in [4.69, 9.17) is 5.11 Å². The number of carboxylic acid groups (broad SMARTS) is 1. The normalized spacial score (nSPS) is 14.1. The van der Waals surface area contributed by atoms with Crippen molar-refractivity contribution in [2.24, 2.45) is 5.92 Å². The van der Waals surface area contributed by atoms with Gasteiger partial charge in [-0.1, -0.05) is 13.8 Å². The van der Waals surface area contributed by atoms with Crippen molar-refractivity contribution in [3.63, 3.8) is 0 Å². The topological polar surface area (TPSA) is 69.6 Å². The number of hydrogen-bond acceptors (Lipinski definition) is 3. The van der Waals surface area contributed by atoms with Gasteiger partial charge in [0, 0.05) is 13.1 Å². The second-order valence-corrected chi connectivity index (χ2v) is 5.74. The van der Waals surface area contributed by atoms with Crippen molar-refractivity contribution >= 4 is 23.8 Å². The fourth-order valence-electron chi connectivity index (χ4n) is 1.43. The van der Waals surface area contributed by atoms with E-state index in [9.17, 15) is 9.59 Å². The molecule has 0 aromatic carbocycles. The molecule has 18 heavy (non-hydrogen) atoms. The first-order valence-corrected chi connectivity index (χ1v) is 7.45. The van der Waals surface area contributed by atoms with Gasteiger partial charge in [0.15, 0.2) is 0 Å². The first kappa shape index (κ1) is 17.1. The molecule has 106 valence electrons. The summed E-state index contributed by atoms with van der Waals surface area (Å²) in [6.07, 6.45) is 2.91. The van der Waals surface area contributed by atoms with Crippen LogP contribution in [-0.4, -0.2) is 53.1 Å². The Morgan fingerprint density at radius 2 is 1.89 bits per heavy atom. The Kier molecular flexibility index (Phi) is 7.82. The molecule has 2 atom stereocenters. The fraction of sp³-hybridized carbons (Fsp3) is 0.833. The highest BCUT2D eigenvalue weighted by Crippen LogP contribution is 2.08. The molecule has 0 aliphatic heterocycles. The highest BCUT2D eigenvalue weighted by Gasteiger charge is 2.26. The molecule has 0 heterocycles. The first-order valence-electron chi connectivity index (χ1n) is 6.06. The number of carbonyl (C=O) groups is 2. The van der Waals surface area contributed by atoms with Crippen LogP contribution in [0, 0.1) is 5.92 Å². The van der Waals surface area contributed by atoms with Crippen molar-refractivity contribution in [1.29, 1.82) is 0 Å². The minimum atomic E-state index is -0.997. The SMILES string of the molecule is CSCCC(C)N(C)C(=O)N[C@@H](C(=O)O)C(C)C. The molecule has 0 aromatic heterocycles. The molecule has 0 rings (SSSR count). The minimum Gasteiger partial charge on any atom is -0.480 e. The summed E-state index contributed by atoms with van der Waals surface area (Å²) in [5.41, 5.74) is 0. The van der Waals surface area contributed by atoms with Crippen LogP contribution in [0.2, 0.25) is 0 Å². The van der Waals surface area contributed by atoms with Gasteiger partial charge >= 0.3 is 12.0 Å². The van der Waals surface area contributed by atoms with Crippen molar-refractivity contribution in [3.8, 4) is 0 Å². The lowest BCUT2D eigenvalue weighted by molar-refractivity contribution is -0.140. The Morgan fingerprint density at radius 3 is 2.28 bits per heavy atom. The van der Waals surface area contributed by atoms with Gasteiger partial charge in [0.05, 0.1) is 0 Å². The van der Waals surface area contributed by atoms with E-state index in [0.717, 1.165) is 12.2 Å². The lowest BCUT2D eigenvalue weighted by Crippen LogP contribution is -2.51. The van der Waals surface area contributed by atoms with Gasteiger partial charge in [-0.3, -0.25) is 0 Å². The molecule has 0 fully saturated rings. The quantitative estimate of drug-likeness (QED) is 0.745. The molecule has 0 radical (unpaired) electrons. The predicted octanol–water partition coefficient (Wildman–Crippen LogP) is 1.88. The van der Waals surface area contributed by atoms with Gasteiger partial charge in [0.1, 0.15) is 6.04 Å². The maximum Gasteiger partial charge on any atom is 0.326 e. The smallest absolute Gasteiger partial charge is 0.326 e. The van der Waals surface area contributed by atoms with Crippen LogP contribution in [-0.2, 0) is 4.79 Å². The number of amides is 2. The first-order chi connectivity index (χ1) is 8.31. The number of carboxylic acids is 1. The molecule has 1 unspecified atom stereocenters. The van der Waals surface area contributed by atoms with Crippen molar-refractivity contribution in [2.45, 2.75) is 39.3 Å². The molecular weight excluding hydrogens is 252 g/mol. The monoisotopic (exact) mass is 276 g/mol. The molecule has 0 bridgehead atoms. The van der Waals surface area contributed by atoms with Crippen molar-refractivity contribution in [1.82, 2.24) is 10.2 Å². The molecule has 0 saturated heterocycles. The molecule has 0 aliphatic rings. The van der Waals surface area contributed by atoms with Gasteiger partial charge in [0.25, 0.3) is 0 Å². The molecule has 0 aromatic rings. The van der Waals surface area contributed by atoms with Crippen molar-refractivity contribution in [2.75, 3.05) is 19.1 Å². The van der Waals surface area contributed by atoms with Gasteiger partial charge in [-0.25, -0.2) is 9.59 Å². The van der Waals surface area contributed by atoms with Crippen molar-refractivity contribution in [3.05, 3.63) is 0 Å². The van der Waals surface area contributed by atoms with Crippen LogP contribution in [0.15, 0.2) is 0 Å². The number of hydrogen-bond donors (Lipinski definition) is 2. The summed E-state index contributed by atoms with van der Waals surface area (Å²) in [6, 6.07) is -1.07. The van der Waals surface area contributed by atoms with E-state index in [1.54, 1.807) is 37.6 Å². The van der Waals surface area contributed by atoms with Crippen LogP contribution < -0.4 is 5.32 Å². The summed E-state index contributed by atoms with van der Waals surface area (Å²) in [6.45, 7) is 5.51. The summed E-state index contributed by atoms with van der Waals surface area (Å²) in [4.78, 5) is 24.5. The Morgan fingerprint density at radius 1 is 1.33 bits per heavy atom. The van der Waals surface area contributed by atoms with Crippen molar-refractivity contribution < 1.29 is 14.7 Å². The predicted molar refractivity (Wildman–Crippen MR) is 75.0 cm³/mol. The molecule has 0 spiro atoms. The standard InChI is InChI=1S/C12H24N2O3S/c1-8(2)10(11(15)16)13-12(17)14(4)9(3)6-7-18-5/h8-10H,6-7H2,1-5H3,(H,13,17)(H,15,16)/t9?,10-/m1/s1. The van der Waals surface area contributed by atoms with Crippen LogP contribution in [0.4, 0.5) is 4.79 Å². The van der Waals surface area contributed by atoms with E-state index >= 15 is 0 Å². The van der Waals surface area contributed by atoms with E-state index in [2.05, 4.69) is 5.32 Å². The number of nitrogens with one attached hydrogen (secondary N) is 1. The number of urea groups is 1. The summed E-state index contributed by atoms with van der Waals surface area (Å²) in [7, 11) is 1.69. The zero-order valence-corrected chi connectivity index (χ0v) is 12.6. The lowest BCUT2D eigenvalue weighted by Gasteiger charge is -2.27. The van der Waals surface area contributed by atoms with Crippen LogP contribution in [0.25, 0.3) is 0 Å². The second-order valence-electron chi connectivity index (χ2n) is 4.75. The van der Waals surface area contributed by atoms with E-state index in [1.807, 2.05) is 13.2 Å². The third kappa shape index (κ3) is 5.62. The molecule has 5 nitrogen and oxygen atoms in total. The molecular formula is C12H24N2O3S. The third-order valence-corrected chi connectivity index (χ3v) is 3.58. The zero-order valence-electron chi connectivity index (χ0n) is 11.8. The number of nitrogens with zero attached hydrogens (tertiary/aromatic N) is 1. The minimum absolute atomic E-state index is 0.0963. The van der Waals surface area contributed by atoms with Crippen LogP contribution in [0.1, 0.15) is 27.2 Å². The maximum absolute atomic E-state index is 11.9. The summed E-state index contributed by atoms with van der Waals surface area (Å²) in [5.74, 6) is -0.157. The van der Waals surface area contributed by atoms with Gasteiger partial charge in [-0.2, -0.15) is 11.8 Å². The van der Waals surface area contributed by atoms with Gasteiger partial charge in [-0.05, 0) is 31.3 Å². The fourth-order valence-corrected chi connectivity index (χ4v) is 2.01. The van der Waals surface area contributed by atoms with E-state index < -0.39 is 12.0 Å². The van der Waals surface area contributed by atoms with E-state index in [0.29, 0.717) is 0 Å². The average molecular weight is 276 g/mol. The maximum atomic E-state index is 11.9. The van der Waals surface area contributed by atoms with Crippen LogP contribution >= 0.6 is 11.8 Å². The molecule has 0 aliphatic carbocycles. The Labute approximate surface area is 113 Å². The largest absolute Gasteiger partial charge is 0.480 e. The molecule has 6 heteroatoms. The number of rotatable bonds is 7. The lowest BCUT2D eigenvalue weighted by atomic mass is 10.1. The third-order valence-electron chi connectivity index (χ3n) is 2.93. The average Bonchev–Trinajstić information content (AvgIpc) is 2.30. The Hall–Kier alpha value is -0.910. The van der Waals surface area contributed by atoms with Gasteiger partial charge < -0.3 is 15.3 Å². The van der Waals surface area contributed by atoms with Crippen LogP contribution in [0.5, 0.6) is 0 Å². The summed E-state index contributed by atoms with van der Waals surface area (Å²) in [5, 5.41) is 11.6. The number of thioether (sulfide) groups is 1. The Balaban J connectivity index is 4.41. The van der Waals surface area contributed by atoms with E-state index in [1.165, 1.54) is 0 Å². The highest BCUT2D eigenvalue weighted by molar-refractivity contribution is 7.98. The van der Waals surface area contributed by atoms with Gasteiger partial charge in [-0.15, -0.1) is 0 Å². The van der Waals surface area contributed by atoms with Gasteiger partial charge in [0.2, 0.25) is 0 Å². The zero-order chi connectivity index (χ0) is 14.3. The van der Waals surface area contributed by atoms with Crippen LogP contribution in [0.3, 0.4) is 0 Å². The molecule has 0 saturated carbocycles. The number of carbonyl (C=O) groups excluding carboxylic acids is 1. The summed E-state index contributed by atoms with van der Waals surface area (Å²) >= 11 is 1.73. The molecule has 2 amide bonds. The highest BCUT2D eigenvalue weighted by atomic mass is 32.2.